The van der Waals surface area contributed by atoms with Gasteiger partial charge in [-0.1, -0.05) is 129 Å². The first-order valence-electron chi connectivity index (χ1n) is 18.4. The van der Waals surface area contributed by atoms with Crippen LogP contribution in [0.4, 0.5) is 22.7 Å². The molecule has 0 unspecified atom stereocenters. The second-order valence-corrected chi connectivity index (χ2v) is 16.8. The summed E-state index contributed by atoms with van der Waals surface area (Å²) < 4.78 is 0. The maximum absolute atomic E-state index is 4.22. The van der Waals surface area contributed by atoms with Crippen molar-refractivity contribution < 1.29 is 20.1 Å². The number of para-hydroxylation sites is 2. The Hall–Kier alpha value is -3.72. The quantitative estimate of drug-likeness (QED) is 0.168. The molecule has 0 atom stereocenters. The van der Waals surface area contributed by atoms with E-state index in [9.17, 15) is 0 Å². The smallest absolute Gasteiger partial charge is 0.493 e. The van der Waals surface area contributed by atoms with Gasteiger partial charge in [-0.3, -0.25) is 0 Å². The van der Waals surface area contributed by atoms with E-state index >= 15 is 0 Å². The molecule has 2 aliphatic heterocycles. The molecule has 0 bridgehead atoms. The summed E-state index contributed by atoms with van der Waals surface area (Å²) in [6.07, 6.45) is 4.21. The SMILES string of the molecule is CC(C)c1cccc(C(C)C)c1N1[CH-]N2c3[c-]cc4c(c3C(C)(C)c3cccc1c32)C(C)(C)CCC4(C)C.[Ir+3].[c-]1ccccc1-c1ccccn1. The zero-order chi connectivity index (χ0) is 35.6. The number of hydrogen-bond donors (Lipinski definition) is 0. The number of nitrogens with zero attached hydrogens (tertiary/aromatic N) is 3. The van der Waals surface area contributed by atoms with Crippen molar-refractivity contribution in [2.75, 3.05) is 9.80 Å². The fraction of sp³-hybridized carbons (Fsp3) is 0.362. The molecule has 0 saturated carbocycles. The fourth-order valence-electron chi connectivity index (χ4n) is 8.52. The van der Waals surface area contributed by atoms with Gasteiger partial charge in [-0.2, -0.15) is 12.1 Å². The van der Waals surface area contributed by atoms with E-state index in [1.165, 1.54) is 63.4 Å². The third-order valence-electron chi connectivity index (χ3n) is 11.4. The summed E-state index contributed by atoms with van der Waals surface area (Å²) >= 11 is 0. The van der Waals surface area contributed by atoms with Crippen molar-refractivity contribution in [1.29, 1.82) is 0 Å². The Morgan fingerprint density at radius 3 is 1.96 bits per heavy atom. The topological polar surface area (TPSA) is 19.4 Å². The number of pyridine rings is 1. The summed E-state index contributed by atoms with van der Waals surface area (Å²) in [5.41, 5.74) is 16.1. The van der Waals surface area contributed by atoms with Gasteiger partial charge in [0.05, 0.1) is 0 Å². The van der Waals surface area contributed by atoms with Crippen molar-refractivity contribution in [3.8, 4) is 11.3 Å². The van der Waals surface area contributed by atoms with Crippen molar-refractivity contribution in [1.82, 2.24) is 4.98 Å². The molecule has 0 saturated heterocycles. The number of hydrogen-bond acceptors (Lipinski definition) is 3. The Balaban J connectivity index is 0.000000291. The summed E-state index contributed by atoms with van der Waals surface area (Å²) in [7, 11) is 0. The van der Waals surface area contributed by atoms with Crippen molar-refractivity contribution >= 4 is 22.7 Å². The standard InChI is InChI=1S/C36H44N2.C11H8N.Ir/c1-22(2)24-13-11-14-25(23(3)4)32(24)38-21-37-28-18-17-26-30(35(7,8)20-19-34(26,5)6)31(28)36(9,10)27-15-12-16-29(38)33(27)37;1-2-6-10(7-3-1)11-8-4-5-9-12-11;/h11-17,21-23H,19-20H2,1-10H3;1-6,8-9H;/q-2;-1;+3. The van der Waals surface area contributed by atoms with E-state index in [2.05, 4.69) is 145 Å². The second kappa shape index (κ2) is 13.7. The predicted octanol–water partition coefficient (Wildman–Crippen LogP) is 12.7. The number of benzene rings is 4. The van der Waals surface area contributed by atoms with Crippen LogP contribution in [0.1, 0.15) is 127 Å². The first kappa shape index (κ1) is 37.0. The number of aromatic nitrogens is 1. The van der Waals surface area contributed by atoms with E-state index in [0.717, 1.165) is 11.3 Å². The van der Waals surface area contributed by atoms with Gasteiger partial charge in [0, 0.05) is 23.3 Å². The molecule has 0 radical (unpaired) electrons. The monoisotopic (exact) mass is 851 g/mol. The van der Waals surface area contributed by atoms with Crippen LogP contribution in [-0.4, -0.2) is 4.98 Å². The molecular formula is C47H52IrN3. The van der Waals surface area contributed by atoms with Crippen LogP contribution in [0.2, 0.25) is 0 Å². The van der Waals surface area contributed by atoms with Crippen molar-refractivity contribution in [3.05, 3.63) is 143 Å². The van der Waals surface area contributed by atoms with Crippen LogP contribution in [0.25, 0.3) is 11.3 Å². The summed E-state index contributed by atoms with van der Waals surface area (Å²) in [6, 6.07) is 36.8. The minimum atomic E-state index is -0.119. The third-order valence-corrected chi connectivity index (χ3v) is 11.4. The van der Waals surface area contributed by atoms with E-state index in [-0.39, 0.29) is 36.4 Å². The number of fused-ring (bicyclic) bond motifs is 4. The normalized spacial score (nSPS) is 17.2. The van der Waals surface area contributed by atoms with Gasteiger partial charge in [-0.25, -0.2) is 0 Å². The third kappa shape index (κ3) is 6.27. The van der Waals surface area contributed by atoms with Gasteiger partial charge >= 0.3 is 20.1 Å². The van der Waals surface area contributed by atoms with Crippen LogP contribution in [-0.2, 0) is 36.4 Å². The number of anilines is 4. The van der Waals surface area contributed by atoms with Gasteiger partial charge in [0.2, 0.25) is 0 Å². The average molecular weight is 851 g/mol. The predicted molar refractivity (Wildman–Crippen MR) is 211 cm³/mol. The van der Waals surface area contributed by atoms with Crippen LogP contribution >= 0.6 is 0 Å². The molecule has 0 N–H and O–H groups in total. The molecule has 0 amide bonds. The van der Waals surface area contributed by atoms with Gasteiger partial charge in [-0.15, -0.1) is 59.3 Å². The van der Waals surface area contributed by atoms with E-state index in [0.29, 0.717) is 11.8 Å². The average Bonchev–Trinajstić information content (AvgIpc) is 3.49. The van der Waals surface area contributed by atoms with Crippen LogP contribution < -0.4 is 9.80 Å². The fourth-order valence-corrected chi connectivity index (χ4v) is 8.52. The molecule has 5 aromatic rings. The van der Waals surface area contributed by atoms with Crippen LogP contribution in [0.15, 0.2) is 91.1 Å². The van der Waals surface area contributed by atoms with Gasteiger partial charge in [0.15, 0.2) is 0 Å². The Labute approximate surface area is 320 Å². The molecular weight excluding hydrogens is 799 g/mol. The van der Waals surface area contributed by atoms with Crippen molar-refractivity contribution in [3.63, 3.8) is 0 Å². The molecule has 264 valence electrons. The molecule has 0 spiro atoms. The maximum atomic E-state index is 4.22. The summed E-state index contributed by atoms with van der Waals surface area (Å²) in [6.45, 7) is 26.2. The summed E-state index contributed by atoms with van der Waals surface area (Å²) in [5, 5.41) is 0. The van der Waals surface area contributed by atoms with E-state index in [1.807, 2.05) is 42.5 Å². The van der Waals surface area contributed by atoms with Gasteiger partial charge in [0.25, 0.3) is 0 Å². The zero-order valence-corrected chi connectivity index (χ0v) is 34.4. The van der Waals surface area contributed by atoms with Crippen molar-refractivity contribution in [2.24, 2.45) is 0 Å². The first-order valence-corrected chi connectivity index (χ1v) is 18.4. The Kier molecular flexibility index (Phi) is 9.94. The molecule has 1 aliphatic carbocycles. The van der Waals surface area contributed by atoms with Crippen LogP contribution in [0.3, 0.4) is 0 Å². The van der Waals surface area contributed by atoms with Crippen molar-refractivity contribution in [2.45, 2.75) is 110 Å². The molecule has 3 heterocycles. The Morgan fingerprint density at radius 1 is 0.667 bits per heavy atom. The molecule has 51 heavy (non-hydrogen) atoms. The number of rotatable bonds is 4. The summed E-state index contributed by atoms with van der Waals surface area (Å²) in [5.74, 6) is 0.876. The van der Waals surface area contributed by atoms with E-state index in [4.69, 9.17) is 0 Å². The molecule has 0 fully saturated rings. The molecule has 4 heteroatoms. The first-order chi connectivity index (χ1) is 23.7. The maximum Gasteiger partial charge on any atom is 3.00 e. The Bertz CT molecular complexity index is 1960. The largest absolute Gasteiger partial charge is 3.00 e. The molecule has 8 rings (SSSR count). The molecule has 3 nitrogen and oxygen atoms in total. The minimum absolute atomic E-state index is 0. The van der Waals surface area contributed by atoms with Gasteiger partial charge < -0.3 is 14.8 Å². The molecule has 1 aromatic heterocycles. The molecule has 4 aromatic carbocycles. The van der Waals surface area contributed by atoms with E-state index < -0.39 is 0 Å². The summed E-state index contributed by atoms with van der Waals surface area (Å²) in [4.78, 5) is 9.16. The van der Waals surface area contributed by atoms with E-state index in [1.54, 1.807) is 11.8 Å². The van der Waals surface area contributed by atoms with Crippen LogP contribution in [0, 0.1) is 18.8 Å². The molecule has 3 aliphatic rings. The minimum Gasteiger partial charge on any atom is -0.493 e. The van der Waals surface area contributed by atoms with Gasteiger partial charge in [-0.05, 0) is 63.6 Å². The second-order valence-electron chi connectivity index (χ2n) is 16.8. The van der Waals surface area contributed by atoms with Gasteiger partial charge in [0.1, 0.15) is 0 Å². The zero-order valence-electron chi connectivity index (χ0n) is 32.0. The van der Waals surface area contributed by atoms with Crippen LogP contribution in [0.5, 0.6) is 0 Å². The Morgan fingerprint density at radius 2 is 1.33 bits per heavy atom.